The van der Waals surface area contributed by atoms with E-state index < -0.39 is 6.10 Å². The third-order valence-corrected chi connectivity index (χ3v) is 3.19. The Morgan fingerprint density at radius 1 is 1.45 bits per heavy atom. The van der Waals surface area contributed by atoms with Gasteiger partial charge in [-0.05, 0) is 18.1 Å². The second-order valence-corrected chi connectivity index (χ2v) is 4.77. The third kappa shape index (κ3) is 3.82. The molecule has 1 amide bonds. The molecule has 5 nitrogen and oxygen atoms in total. The van der Waals surface area contributed by atoms with Gasteiger partial charge in [-0.2, -0.15) is 0 Å². The van der Waals surface area contributed by atoms with E-state index >= 15 is 0 Å². The van der Waals surface area contributed by atoms with Crippen molar-refractivity contribution in [3.05, 3.63) is 36.0 Å². The number of carbonyl (C=O) groups excluding carboxylic acids is 1. The Labute approximate surface area is 117 Å². The second-order valence-electron chi connectivity index (χ2n) is 4.77. The normalized spacial score (nSPS) is 12.5. The van der Waals surface area contributed by atoms with E-state index in [-0.39, 0.29) is 19.1 Å². The highest BCUT2D eigenvalue weighted by molar-refractivity contribution is 5.84. The Kier molecular flexibility index (Phi) is 5.15. The van der Waals surface area contributed by atoms with E-state index in [1.54, 1.807) is 0 Å². The maximum atomic E-state index is 11.7. The molecule has 20 heavy (non-hydrogen) atoms. The number of H-pyrrole nitrogens is 1. The number of aliphatic hydroxyl groups excluding tert-OH is 1. The van der Waals surface area contributed by atoms with Crippen molar-refractivity contribution >= 4 is 16.8 Å². The van der Waals surface area contributed by atoms with Crippen LogP contribution in [0.2, 0.25) is 0 Å². The summed E-state index contributed by atoms with van der Waals surface area (Å²) in [4.78, 5) is 14.9. The Bertz CT molecular complexity index is 565. The summed E-state index contributed by atoms with van der Waals surface area (Å²) in [6.07, 6.45) is 2.37. The highest BCUT2D eigenvalue weighted by atomic mass is 16.5. The Balaban J connectivity index is 1.81. The molecule has 0 aliphatic carbocycles. The van der Waals surface area contributed by atoms with Crippen LogP contribution in [0.5, 0.6) is 0 Å². The van der Waals surface area contributed by atoms with Crippen molar-refractivity contribution in [2.24, 2.45) is 0 Å². The van der Waals surface area contributed by atoms with Crippen LogP contribution in [0.3, 0.4) is 0 Å². The van der Waals surface area contributed by atoms with E-state index in [1.165, 1.54) is 7.11 Å². The van der Waals surface area contributed by atoms with Crippen LogP contribution >= 0.6 is 0 Å². The number of aryl methyl sites for hydroxylation is 1. The zero-order valence-electron chi connectivity index (χ0n) is 11.6. The first kappa shape index (κ1) is 14.6. The predicted molar refractivity (Wildman–Crippen MR) is 77.5 cm³/mol. The molecular weight excluding hydrogens is 256 g/mol. The minimum atomic E-state index is -0.656. The molecule has 108 valence electrons. The number of amides is 1. The van der Waals surface area contributed by atoms with Crippen molar-refractivity contribution in [1.29, 1.82) is 0 Å². The van der Waals surface area contributed by atoms with Gasteiger partial charge in [0.25, 0.3) is 0 Å². The van der Waals surface area contributed by atoms with Gasteiger partial charge in [0.2, 0.25) is 5.91 Å². The molecule has 5 heteroatoms. The lowest BCUT2D eigenvalue weighted by Gasteiger charge is -2.10. The minimum Gasteiger partial charge on any atom is -0.389 e. The van der Waals surface area contributed by atoms with Gasteiger partial charge in [0, 0.05) is 37.2 Å². The van der Waals surface area contributed by atoms with Gasteiger partial charge < -0.3 is 20.1 Å². The molecule has 0 spiro atoms. The SMILES string of the molecule is COCC(O)CNC(=O)CCc1c[nH]c2ccccc12. The number of fused-ring (bicyclic) bond motifs is 1. The monoisotopic (exact) mass is 276 g/mol. The van der Waals surface area contributed by atoms with Crippen molar-refractivity contribution in [1.82, 2.24) is 10.3 Å². The van der Waals surface area contributed by atoms with Crippen LogP contribution in [0.25, 0.3) is 10.9 Å². The highest BCUT2D eigenvalue weighted by Gasteiger charge is 2.08. The van der Waals surface area contributed by atoms with Gasteiger partial charge in [0.15, 0.2) is 0 Å². The van der Waals surface area contributed by atoms with Crippen molar-refractivity contribution in [3.63, 3.8) is 0 Å². The van der Waals surface area contributed by atoms with Gasteiger partial charge in [0.1, 0.15) is 0 Å². The van der Waals surface area contributed by atoms with Crippen molar-refractivity contribution < 1.29 is 14.6 Å². The van der Waals surface area contributed by atoms with Gasteiger partial charge in [0.05, 0.1) is 12.7 Å². The molecular formula is C15H20N2O3. The molecule has 0 saturated carbocycles. The van der Waals surface area contributed by atoms with Crippen LogP contribution in [0.4, 0.5) is 0 Å². The van der Waals surface area contributed by atoms with E-state index in [1.807, 2.05) is 30.5 Å². The summed E-state index contributed by atoms with van der Waals surface area (Å²) in [5, 5.41) is 13.3. The minimum absolute atomic E-state index is 0.0644. The number of nitrogens with one attached hydrogen (secondary N) is 2. The lowest BCUT2D eigenvalue weighted by molar-refractivity contribution is -0.121. The molecule has 0 radical (unpaired) electrons. The molecule has 2 rings (SSSR count). The van der Waals surface area contributed by atoms with Crippen molar-refractivity contribution in [2.75, 3.05) is 20.3 Å². The molecule has 0 fully saturated rings. The summed E-state index contributed by atoms with van der Waals surface area (Å²) in [5.41, 5.74) is 2.21. The molecule has 1 aromatic heterocycles. The van der Waals surface area contributed by atoms with Crippen LogP contribution < -0.4 is 5.32 Å². The number of para-hydroxylation sites is 1. The van der Waals surface area contributed by atoms with Crippen LogP contribution in [0.15, 0.2) is 30.5 Å². The topological polar surface area (TPSA) is 74.3 Å². The molecule has 0 aliphatic rings. The average molecular weight is 276 g/mol. The first-order chi connectivity index (χ1) is 9.70. The number of aliphatic hydroxyl groups is 1. The molecule has 3 N–H and O–H groups in total. The largest absolute Gasteiger partial charge is 0.389 e. The van der Waals surface area contributed by atoms with Gasteiger partial charge >= 0.3 is 0 Å². The summed E-state index contributed by atoms with van der Waals surface area (Å²) < 4.78 is 4.80. The average Bonchev–Trinajstić information content (AvgIpc) is 2.86. The molecule has 2 aromatic rings. The summed E-state index contributed by atoms with van der Waals surface area (Å²) >= 11 is 0. The zero-order chi connectivity index (χ0) is 14.4. The molecule has 0 saturated heterocycles. The maximum Gasteiger partial charge on any atom is 0.220 e. The summed E-state index contributed by atoms with van der Waals surface area (Å²) in [7, 11) is 1.52. The predicted octanol–water partition coefficient (Wildman–Crippen LogP) is 1.22. The molecule has 0 aliphatic heterocycles. The number of carbonyl (C=O) groups is 1. The number of benzene rings is 1. The van der Waals surface area contributed by atoms with Crippen LogP contribution in [0, 0.1) is 0 Å². The molecule has 1 atom stereocenters. The third-order valence-electron chi connectivity index (χ3n) is 3.19. The first-order valence-electron chi connectivity index (χ1n) is 6.69. The molecule has 1 unspecified atom stereocenters. The van der Waals surface area contributed by atoms with Crippen LogP contribution in [0.1, 0.15) is 12.0 Å². The smallest absolute Gasteiger partial charge is 0.220 e. The number of hydrogen-bond donors (Lipinski definition) is 3. The standard InChI is InChI=1S/C15H20N2O3/c1-20-10-12(18)9-17-15(19)7-6-11-8-16-14-5-3-2-4-13(11)14/h2-5,8,12,16,18H,6-7,9-10H2,1H3,(H,17,19). The number of methoxy groups -OCH3 is 1. The van der Waals surface area contributed by atoms with Gasteiger partial charge in [-0.3, -0.25) is 4.79 Å². The number of rotatable bonds is 7. The van der Waals surface area contributed by atoms with E-state index in [4.69, 9.17) is 4.74 Å². The van der Waals surface area contributed by atoms with E-state index in [2.05, 4.69) is 10.3 Å². The quantitative estimate of drug-likeness (QED) is 0.712. The van der Waals surface area contributed by atoms with Crippen LogP contribution in [-0.4, -0.2) is 42.4 Å². The maximum absolute atomic E-state index is 11.7. The van der Waals surface area contributed by atoms with Crippen LogP contribution in [-0.2, 0) is 16.0 Å². The zero-order valence-corrected chi connectivity index (χ0v) is 11.6. The fourth-order valence-electron chi connectivity index (χ4n) is 2.16. The highest BCUT2D eigenvalue weighted by Crippen LogP contribution is 2.18. The Morgan fingerprint density at radius 3 is 3.05 bits per heavy atom. The second kappa shape index (κ2) is 7.07. The molecule has 0 bridgehead atoms. The lowest BCUT2D eigenvalue weighted by Crippen LogP contribution is -2.34. The lowest BCUT2D eigenvalue weighted by atomic mass is 10.1. The fourth-order valence-corrected chi connectivity index (χ4v) is 2.16. The Morgan fingerprint density at radius 2 is 2.25 bits per heavy atom. The van der Waals surface area contributed by atoms with Gasteiger partial charge in [-0.15, -0.1) is 0 Å². The van der Waals surface area contributed by atoms with E-state index in [0.29, 0.717) is 12.8 Å². The summed E-state index contributed by atoms with van der Waals surface area (Å²) in [6.45, 7) is 0.448. The fraction of sp³-hybridized carbons (Fsp3) is 0.400. The Hall–Kier alpha value is -1.85. The van der Waals surface area contributed by atoms with E-state index in [9.17, 15) is 9.90 Å². The van der Waals surface area contributed by atoms with Crippen molar-refractivity contribution in [3.8, 4) is 0 Å². The first-order valence-corrected chi connectivity index (χ1v) is 6.69. The number of aromatic amines is 1. The van der Waals surface area contributed by atoms with E-state index in [0.717, 1.165) is 16.5 Å². The molecule has 1 heterocycles. The number of aromatic nitrogens is 1. The molecule has 1 aromatic carbocycles. The number of ether oxygens (including phenoxy) is 1. The summed E-state index contributed by atoms with van der Waals surface area (Å²) in [5.74, 6) is -0.0644. The van der Waals surface area contributed by atoms with Gasteiger partial charge in [-0.25, -0.2) is 0 Å². The van der Waals surface area contributed by atoms with Crippen molar-refractivity contribution in [2.45, 2.75) is 18.9 Å². The number of hydrogen-bond acceptors (Lipinski definition) is 3. The van der Waals surface area contributed by atoms with Gasteiger partial charge in [-0.1, -0.05) is 18.2 Å². The summed E-state index contributed by atoms with van der Waals surface area (Å²) in [6, 6.07) is 8.02.